The Morgan fingerprint density at radius 1 is 1.17 bits per heavy atom. The molecule has 8 nitrogen and oxygen atoms in total. The van der Waals surface area contributed by atoms with Gasteiger partial charge in [-0.25, -0.2) is 20.0 Å². The Labute approximate surface area is 172 Å². The van der Waals surface area contributed by atoms with E-state index in [0.29, 0.717) is 18.4 Å². The minimum atomic E-state index is -3.75. The van der Waals surface area contributed by atoms with Crippen molar-refractivity contribution in [3.63, 3.8) is 0 Å². The summed E-state index contributed by atoms with van der Waals surface area (Å²) in [5, 5.41) is 9.30. The van der Waals surface area contributed by atoms with E-state index in [9.17, 15) is 9.67 Å². The second-order valence-electron chi connectivity index (χ2n) is 7.24. The number of hydrogen-bond acceptors (Lipinski definition) is 8. The van der Waals surface area contributed by atoms with Gasteiger partial charge in [-0.3, -0.25) is 0 Å². The van der Waals surface area contributed by atoms with Crippen molar-refractivity contribution >= 4 is 13.5 Å². The minimum Gasteiger partial charge on any atom is -0.504 e. The third-order valence-corrected chi connectivity index (χ3v) is 8.09. The summed E-state index contributed by atoms with van der Waals surface area (Å²) in [6.45, 7) is 11.2. The second kappa shape index (κ2) is 9.01. The molecule has 0 saturated heterocycles. The molecular weight excluding hydrogens is 393 g/mol. The van der Waals surface area contributed by atoms with Crippen LogP contribution in [0.2, 0.25) is 0 Å². The number of methoxy groups -OCH3 is 1. The van der Waals surface area contributed by atoms with Gasteiger partial charge in [0.2, 0.25) is 5.95 Å². The molecule has 2 N–H and O–H groups in total. The monoisotopic (exact) mass is 423 g/mol. The van der Waals surface area contributed by atoms with Crippen molar-refractivity contribution in [2.45, 2.75) is 59.5 Å². The Kier molecular flexibility index (Phi) is 7.14. The number of anilines is 1. The summed E-state index contributed by atoms with van der Waals surface area (Å²) < 4.78 is 30.7. The van der Waals surface area contributed by atoms with Gasteiger partial charge in [0.25, 0.3) is 0 Å². The number of phenols is 1. The normalized spacial score (nSPS) is 13.6. The van der Waals surface area contributed by atoms with Crippen LogP contribution < -0.4 is 14.7 Å². The molecule has 1 heterocycles. The van der Waals surface area contributed by atoms with Gasteiger partial charge in [0.1, 0.15) is 5.75 Å². The quantitative estimate of drug-likeness (QED) is 0.413. The highest BCUT2D eigenvalue weighted by molar-refractivity contribution is 7.56. The van der Waals surface area contributed by atoms with Gasteiger partial charge in [-0.05, 0) is 57.7 Å². The van der Waals surface area contributed by atoms with Crippen LogP contribution >= 0.6 is 7.60 Å². The first-order chi connectivity index (χ1) is 13.6. The Bertz CT molecular complexity index is 915. The maximum Gasteiger partial charge on any atom is 0.406 e. The van der Waals surface area contributed by atoms with Gasteiger partial charge < -0.3 is 14.4 Å². The van der Waals surface area contributed by atoms with Crippen LogP contribution in [0.4, 0.5) is 5.95 Å². The lowest BCUT2D eigenvalue weighted by atomic mass is 10.1. The molecule has 0 bridgehead atoms. The number of benzene rings is 1. The third kappa shape index (κ3) is 4.82. The third-order valence-electron chi connectivity index (χ3n) is 5.35. The lowest BCUT2D eigenvalue weighted by Crippen LogP contribution is -2.28. The Balaban J connectivity index is 2.39. The summed E-state index contributed by atoms with van der Waals surface area (Å²) in [6.07, 6.45) is 2.78. The Morgan fingerprint density at radius 3 is 2.38 bits per heavy atom. The summed E-state index contributed by atoms with van der Waals surface area (Å²) in [5.41, 5.74) is 4.87. The molecule has 0 amide bonds. The highest BCUT2D eigenvalue weighted by Crippen LogP contribution is 2.62. The smallest absolute Gasteiger partial charge is 0.406 e. The number of phenolic OH excluding ortho intramolecular Hbond substituents is 1. The zero-order valence-electron chi connectivity index (χ0n) is 18.1. The van der Waals surface area contributed by atoms with Gasteiger partial charge in [-0.2, -0.15) is 4.62 Å². The summed E-state index contributed by atoms with van der Waals surface area (Å²) in [4.78, 5) is 8.45. The van der Waals surface area contributed by atoms with Crippen molar-refractivity contribution in [1.29, 1.82) is 0 Å². The maximum atomic E-state index is 13.9. The molecule has 160 valence electrons. The number of aromatic nitrogens is 2. The lowest BCUT2D eigenvalue weighted by Gasteiger charge is -2.34. The fourth-order valence-electron chi connectivity index (χ4n) is 2.62. The molecule has 2 aromatic rings. The molecule has 0 aliphatic rings. The lowest BCUT2D eigenvalue weighted by molar-refractivity contribution is 0.277. The van der Waals surface area contributed by atoms with E-state index in [2.05, 4.69) is 15.4 Å². The van der Waals surface area contributed by atoms with E-state index >= 15 is 0 Å². The van der Waals surface area contributed by atoms with Crippen molar-refractivity contribution in [2.75, 3.05) is 12.6 Å². The molecule has 1 aromatic heterocycles. The van der Waals surface area contributed by atoms with Crippen molar-refractivity contribution in [2.24, 2.45) is 0 Å². The van der Waals surface area contributed by atoms with E-state index < -0.39 is 12.8 Å². The number of nitrogens with one attached hydrogen (secondary N) is 1. The molecule has 9 heteroatoms. The summed E-state index contributed by atoms with van der Waals surface area (Å²) in [6, 6.07) is 3.07. The van der Waals surface area contributed by atoms with Crippen molar-refractivity contribution in [3.8, 4) is 17.2 Å². The summed E-state index contributed by atoms with van der Waals surface area (Å²) in [5.74, 6) is 0.708. The number of nitrogens with zero attached hydrogens (tertiary/aromatic N) is 2. The second-order valence-corrected chi connectivity index (χ2v) is 9.68. The molecule has 0 aliphatic carbocycles. The van der Waals surface area contributed by atoms with Gasteiger partial charge in [-0.15, -0.1) is 0 Å². The molecule has 0 aliphatic heterocycles. The summed E-state index contributed by atoms with van der Waals surface area (Å²) in [7, 11) is -2.31. The minimum absolute atomic E-state index is 0.00556. The largest absolute Gasteiger partial charge is 0.504 e. The highest BCUT2D eigenvalue weighted by Gasteiger charge is 2.47. The van der Waals surface area contributed by atoms with E-state index in [4.69, 9.17) is 13.9 Å². The number of aryl methyl sites for hydroxylation is 3. The molecular formula is C20H30N3O5P. The molecule has 1 unspecified atom stereocenters. The van der Waals surface area contributed by atoms with E-state index in [1.54, 1.807) is 19.2 Å². The van der Waals surface area contributed by atoms with Crippen molar-refractivity contribution in [1.82, 2.24) is 9.97 Å². The predicted octanol–water partition coefficient (Wildman–Crippen LogP) is 5.31. The standard InChI is InChI=1S/C20H30N3O5P/c1-8-20(6,9-2)29(25,28-23-19-21-12-14(4)15(5)22-19)27-16-10-13(3)18(24)17(11-16)26-7/h10-12,24H,8-9H2,1-7H3,(H,21,22,23). The van der Waals surface area contributed by atoms with Crippen LogP contribution in [0.15, 0.2) is 18.3 Å². The molecule has 1 atom stereocenters. The molecule has 0 spiro atoms. The van der Waals surface area contributed by atoms with Crippen LogP contribution in [-0.2, 0) is 9.19 Å². The van der Waals surface area contributed by atoms with Gasteiger partial charge in [0, 0.05) is 18.0 Å². The van der Waals surface area contributed by atoms with Crippen LogP contribution in [0.3, 0.4) is 0 Å². The van der Waals surface area contributed by atoms with Crippen LogP contribution in [0.25, 0.3) is 0 Å². The van der Waals surface area contributed by atoms with Crippen LogP contribution in [0.1, 0.15) is 50.4 Å². The van der Waals surface area contributed by atoms with Crippen molar-refractivity contribution in [3.05, 3.63) is 35.2 Å². The SMILES string of the molecule is CCC(C)(CC)P(=O)(ONc1ncc(C)c(C)n1)Oc1cc(C)c(O)c(OC)c1. The van der Waals surface area contributed by atoms with Crippen LogP contribution in [-0.4, -0.2) is 27.3 Å². The first-order valence-electron chi connectivity index (χ1n) is 9.51. The van der Waals surface area contributed by atoms with Gasteiger partial charge in [-0.1, -0.05) is 13.8 Å². The van der Waals surface area contributed by atoms with Crippen LogP contribution in [0.5, 0.6) is 17.2 Å². The Hall–Kier alpha value is -2.31. The van der Waals surface area contributed by atoms with Crippen molar-refractivity contribution < 1.29 is 23.6 Å². The van der Waals surface area contributed by atoms with Gasteiger partial charge in [0.05, 0.1) is 12.3 Å². The number of ether oxygens (including phenoxy) is 1. The average molecular weight is 423 g/mol. The van der Waals surface area contributed by atoms with E-state index in [0.717, 1.165) is 11.3 Å². The van der Waals surface area contributed by atoms with E-state index in [1.165, 1.54) is 13.2 Å². The van der Waals surface area contributed by atoms with Gasteiger partial charge in [0.15, 0.2) is 11.5 Å². The summed E-state index contributed by atoms with van der Waals surface area (Å²) >= 11 is 0. The Morgan fingerprint density at radius 2 is 1.83 bits per heavy atom. The highest BCUT2D eigenvalue weighted by atomic mass is 31.2. The first kappa shape index (κ1) is 23.0. The molecule has 0 radical (unpaired) electrons. The fourth-order valence-corrected chi connectivity index (χ4v) is 4.45. The average Bonchev–Trinajstić information content (AvgIpc) is 2.70. The molecule has 0 saturated carbocycles. The number of aromatic hydroxyl groups is 1. The first-order valence-corrected chi connectivity index (χ1v) is 11.1. The number of rotatable bonds is 9. The van der Waals surface area contributed by atoms with Gasteiger partial charge >= 0.3 is 7.60 Å². The van der Waals surface area contributed by atoms with Crippen LogP contribution in [0, 0.1) is 20.8 Å². The topological polar surface area (TPSA) is 103 Å². The number of hydrogen-bond donors (Lipinski definition) is 2. The molecule has 2 rings (SSSR count). The maximum absolute atomic E-state index is 13.9. The van der Waals surface area contributed by atoms with E-state index in [-0.39, 0.29) is 23.2 Å². The molecule has 29 heavy (non-hydrogen) atoms. The zero-order valence-corrected chi connectivity index (χ0v) is 19.0. The van der Waals surface area contributed by atoms with E-state index in [1.807, 2.05) is 34.6 Å². The predicted molar refractivity (Wildman–Crippen MR) is 113 cm³/mol. The fraction of sp³-hybridized carbons (Fsp3) is 0.500. The molecule has 0 fully saturated rings. The zero-order chi connectivity index (χ0) is 21.8. The molecule has 1 aromatic carbocycles.